The molecule has 6 heteroatoms. The Morgan fingerprint density at radius 3 is 1.80 bits per heavy atom. The van der Waals surface area contributed by atoms with Crippen molar-refractivity contribution in [2.45, 2.75) is 73.7 Å². The summed E-state index contributed by atoms with van der Waals surface area (Å²) in [5, 5.41) is 0.0462. The van der Waals surface area contributed by atoms with Gasteiger partial charge in [-0.2, -0.15) is 0 Å². The van der Waals surface area contributed by atoms with Gasteiger partial charge in [0.05, 0.1) is 13.3 Å². The van der Waals surface area contributed by atoms with Gasteiger partial charge in [-0.05, 0) is 73.6 Å². The van der Waals surface area contributed by atoms with Crippen molar-refractivity contribution in [1.29, 1.82) is 0 Å². The standard InChI is InChI=1S/C19H31BO4S/c1-12(17(3,4)16(23)25-9)13(2)19(7,8)24-15(22)18(5,6)14(21)10-11-20/h10-11H2,1-9H3. The fourth-order valence-electron chi connectivity index (χ4n) is 2.32. The minimum absolute atomic E-state index is 0.0462. The molecular weight excluding hydrogens is 335 g/mol. The lowest BCUT2D eigenvalue weighted by atomic mass is 9.79. The molecule has 0 aliphatic heterocycles. The molecule has 0 saturated heterocycles. The van der Waals surface area contributed by atoms with E-state index in [1.54, 1.807) is 34.0 Å². The highest BCUT2D eigenvalue weighted by atomic mass is 32.2. The zero-order chi connectivity index (χ0) is 20.2. The average Bonchev–Trinajstić information content (AvgIpc) is 2.51. The molecule has 0 aromatic carbocycles. The number of hydrogen-bond donors (Lipinski definition) is 0. The van der Waals surface area contributed by atoms with E-state index in [9.17, 15) is 14.4 Å². The second kappa shape index (κ2) is 8.57. The molecule has 0 aliphatic rings. The van der Waals surface area contributed by atoms with Crippen molar-refractivity contribution in [2.24, 2.45) is 10.8 Å². The quantitative estimate of drug-likeness (QED) is 0.280. The van der Waals surface area contributed by atoms with Crippen LogP contribution in [-0.4, -0.2) is 36.6 Å². The van der Waals surface area contributed by atoms with Gasteiger partial charge in [0.2, 0.25) is 0 Å². The smallest absolute Gasteiger partial charge is 0.319 e. The van der Waals surface area contributed by atoms with Crippen molar-refractivity contribution >= 4 is 36.5 Å². The summed E-state index contributed by atoms with van der Waals surface area (Å²) in [7, 11) is 5.42. The summed E-state index contributed by atoms with van der Waals surface area (Å²) in [6.45, 7) is 14.1. The molecule has 0 saturated carbocycles. The van der Waals surface area contributed by atoms with E-state index < -0.39 is 22.4 Å². The van der Waals surface area contributed by atoms with E-state index in [0.29, 0.717) is 0 Å². The van der Waals surface area contributed by atoms with Gasteiger partial charge in [0.1, 0.15) is 16.8 Å². The van der Waals surface area contributed by atoms with Gasteiger partial charge in [-0.15, -0.1) is 0 Å². The summed E-state index contributed by atoms with van der Waals surface area (Å²) in [6.07, 6.45) is 2.08. The van der Waals surface area contributed by atoms with E-state index >= 15 is 0 Å². The van der Waals surface area contributed by atoms with Crippen molar-refractivity contribution in [3.8, 4) is 0 Å². The van der Waals surface area contributed by atoms with Crippen LogP contribution in [0.25, 0.3) is 0 Å². The number of hydrogen-bond acceptors (Lipinski definition) is 5. The fraction of sp³-hybridized carbons (Fsp3) is 0.737. The topological polar surface area (TPSA) is 60.4 Å². The third-order valence-electron chi connectivity index (χ3n) is 5.03. The summed E-state index contributed by atoms with van der Waals surface area (Å²) in [4.78, 5) is 36.9. The van der Waals surface area contributed by atoms with Crippen molar-refractivity contribution < 1.29 is 19.1 Å². The number of thioether (sulfide) groups is 1. The number of carbonyl (C=O) groups excluding carboxylic acids is 3. The Labute approximate surface area is 157 Å². The van der Waals surface area contributed by atoms with Crippen LogP contribution in [0.4, 0.5) is 0 Å². The summed E-state index contributed by atoms with van der Waals surface area (Å²) in [6, 6.07) is 0. The van der Waals surface area contributed by atoms with E-state index in [4.69, 9.17) is 12.6 Å². The van der Waals surface area contributed by atoms with Gasteiger partial charge in [-0.1, -0.05) is 23.7 Å². The summed E-state index contributed by atoms with van der Waals surface area (Å²) >= 11 is 1.18. The molecule has 25 heavy (non-hydrogen) atoms. The van der Waals surface area contributed by atoms with E-state index in [-0.39, 0.29) is 23.6 Å². The fourth-order valence-corrected chi connectivity index (χ4v) is 2.99. The maximum absolute atomic E-state index is 12.6. The SMILES string of the molecule is [B]CCC(=O)C(C)(C)C(=O)OC(C)(C)C(C)=C(C)C(C)(C)C(=O)SC. The van der Waals surface area contributed by atoms with Gasteiger partial charge in [0.25, 0.3) is 0 Å². The average molecular weight is 366 g/mol. The lowest BCUT2D eigenvalue weighted by Crippen LogP contribution is -2.41. The molecule has 0 heterocycles. The molecule has 4 nitrogen and oxygen atoms in total. The molecule has 0 unspecified atom stereocenters. The zero-order valence-corrected chi connectivity index (χ0v) is 17.8. The first-order chi connectivity index (χ1) is 11.2. The third kappa shape index (κ3) is 5.47. The van der Waals surface area contributed by atoms with Crippen molar-refractivity contribution in [2.75, 3.05) is 6.26 Å². The highest BCUT2D eigenvalue weighted by Crippen LogP contribution is 2.38. The van der Waals surface area contributed by atoms with Crippen LogP contribution in [-0.2, 0) is 19.1 Å². The predicted octanol–water partition coefficient (Wildman–Crippen LogP) is 4.13. The number of allylic oxidation sites excluding steroid dienone is 1. The van der Waals surface area contributed by atoms with Crippen LogP contribution >= 0.6 is 11.8 Å². The number of esters is 1. The Morgan fingerprint density at radius 2 is 1.40 bits per heavy atom. The summed E-state index contributed by atoms with van der Waals surface area (Å²) in [5.41, 5.74) is -1.20. The van der Waals surface area contributed by atoms with Gasteiger partial charge in [-0.3, -0.25) is 14.4 Å². The predicted molar refractivity (Wildman–Crippen MR) is 105 cm³/mol. The number of carbonyl (C=O) groups is 3. The molecule has 0 aliphatic carbocycles. The Balaban J connectivity index is 5.64. The third-order valence-corrected chi connectivity index (χ3v) is 5.91. The van der Waals surface area contributed by atoms with Crippen LogP contribution in [0.5, 0.6) is 0 Å². The van der Waals surface area contributed by atoms with E-state index in [1.807, 2.05) is 27.7 Å². The Hall–Kier alpha value is -1.04. The minimum atomic E-state index is -1.25. The van der Waals surface area contributed by atoms with Gasteiger partial charge in [0.15, 0.2) is 5.12 Å². The molecule has 0 N–H and O–H groups in total. The number of ether oxygens (including phenoxy) is 1. The lowest BCUT2D eigenvalue weighted by Gasteiger charge is -2.35. The summed E-state index contributed by atoms with van der Waals surface area (Å²) in [5.74, 6) is -0.829. The number of ketones is 1. The van der Waals surface area contributed by atoms with Crippen LogP contribution in [0.3, 0.4) is 0 Å². The molecule has 0 rings (SSSR count). The van der Waals surface area contributed by atoms with Gasteiger partial charge in [-0.25, -0.2) is 0 Å². The van der Waals surface area contributed by atoms with Crippen molar-refractivity contribution in [1.82, 2.24) is 0 Å². The first-order valence-corrected chi connectivity index (χ1v) is 9.62. The Morgan fingerprint density at radius 1 is 0.920 bits per heavy atom. The molecule has 2 radical (unpaired) electrons. The lowest BCUT2D eigenvalue weighted by molar-refractivity contribution is -0.167. The number of rotatable bonds is 8. The van der Waals surface area contributed by atoms with Crippen molar-refractivity contribution in [3.63, 3.8) is 0 Å². The van der Waals surface area contributed by atoms with Gasteiger partial charge in [0, 0.05) is 0 Å². The van der Waals surface area contributed by atoms with Crippen LogP contribution in [0.1, 0.15) is 61.8 Å². The minimum Gasteiger partial charge on any atom is -0.454 e. The molecule has 0 amide bonds. The van der Waals surface area contributed by atoms with Gasteiger partial charge >= 0.3 is 5.97 Å². The second-order valence-electron chi connectivity index (χ2n) is 7.85. The molecule has 0 aromatic heterocycles. The first kappa shape index (κ1) is 24.0. The molecule has 0 atom stereocenters. The van der Waals surface area contributed by atoms with E-state index in [2.05, 4.69) is 0 Å². The number of Topliss-reactive ketones (excluding diaryl/α,β-unsaturated/α-hetero) is 1. The molecule has 0 aromatic rings. The van der Waals surface area contributed by atoms with Crippen LogP contribution in [0.2, 0.25) is 6.32 Å². The van der Waals surface area contributed by atoms with Crippen LogP contribution < -0.4 is 0 Å². The van der Waals surface area contributed by atoms with Crippen LogP contribution in [0.15, 0.2) is 11.1 Å². The van der Waals surface area contributed by atoms with Crippen molar-refractivity contribution in [3.05, 3.63) is 11.1 Å². The molecule has 0 spiro atoms. The van der Waals surface area contributed by atoms with Gasteiger partial charge < -0.3 is 4.74 Å². The first-order valence-electron chi connectivity index (χ1n) is 8.39. The Bertz CT molecular complexity index is 574. The normalized spacial score (nSPS) is 14.0. The maximum Gasteiger partial charge on any atom is 0.319 e. The molecular formula is C19H31BO4S. The second-order valence-corrected chi connectivity index (χ2v) is 8.63. The zero-order valence-electron chi connectivity index (χ0n) is 17.0. The highest BCUT2D eigenvalue weighted by molar-refractivity contribution is 8.13. The maximum atomic E-state index is 12.6. The highest BCUT2D eigenvalue weighted by Gasteiger charge is 2.41. The van der Waals surface area contributed by atoms with E-state index in [1.165, 1.54) is 11.8 Å². The molecule has 0 fully saturated rings. The summed E-state index contributed by atoms with van der Waals surface area (Å²) < 4.78 is 5.69. The molecule has 140 valence electrons. The Kier molecular flexibility index (Phi) is 8.21. The monoisotopic (exact) mass is 366 g/mol. The van der Waals surface area contributed by atoms with E-state index in [0.717, 1.165) is 11.1 Å². The molecule has 0 bridgehead atoms. The largest absolute Gasteiger partial charge is 0.454 e. The van der Waals surface area contributed by atoms with Crippen LogP contribution in [0, 0.1) is 10.8 Å².